The molecule has 2 heteroatoms. The van der Waals surface area contributed by atoms with Gasteiger partial charge in [0.05, 0.1) is 6.10 Å². The molecule has 1 nitrogen and oxygen atoms in total. The number of alkyl halides is 1. The van der Waals surface area contributed by atoms with Crippen molar-refractivity contribution in [3.8, 4) is 0 Å². The highest BCUT2D eigenvalue weighted by Crippen LogP contribution is 2.32. The smallest absolute Gasteiger partial charge is 0.151 e. The molecular formula is C10H11FO. The third-order valence-electron chi connectivity index (χ3n) is 2.40. The first-order chi connectivity index (χ1) is 5.79. The molecule has 0 radical (unpaired) electrons. The lowest BCUT2D eigenvalue weighted by atomic mass is 9.88. The molecule has 1 aromatic rings. The number of hydrogen-bond acceptors (Lipinski definition) is 1. The van der Waals surface area contributed by atoms with Crippen LogP contribution >= 0.6 is 0 Å². The predicted octanol–water partition coefficient (Wildman–Crippen LogP) is 2.00. The first-order valence-corrected chi connectivity index (χ1v) is 4.19. The fraction of sp³-hybridized carbons (Fsp3) is 0.400. The SMILES string of the molecule is O[C@@H]1CCc2ccccc2[C@H]1F. The van der Waals surface area contributed by atoms with E-state index in [0.29, 0.717) is 12.0 Å². The molecule has 2 rings (SSSR count). The fourth-order valence-electron chi connectivity index (χ4n) is 1.69. The van der Waals surface area contributed by atoms with E-state index in [2.05, 4.69) is 0 Å². The number of halogens is 1. The van der Waals surface area contributed by atoms with E-state index in [-0.39, 0.29) is 0 Å². The minimum absolute atomic E-state index is 0.540. The van der Waals surface area contributed by atoms with Gasteiger partial charge in [-0.2, -0.15) is 0 Å². The van der Waals surface area contributed by atoms with Crippen LogP contribution < -0.4 is 0 Å². The van der Waals surface area contributed by atoms with Gasteiger partial charge in [-0.25, -0.2) is 4.39 Å². The normalized spacial score (nSPS) is 28.2. The van der Waals surface area contributed by atoms with Crippen LogP contribution in [0.2, 0.25) is 0 Å². The summed E-state index contributed by atoms with van der Waals surface area (Å²) >= 11 is 0. The van der Waals surface area contributed by atoms with Crippen molar-refractivity contribution in [3.05, 3.63) is 35.4 Å². The van der Waals surface area contributed by atoms with Crippen molar-refractivity contribution in [3.63, 3.8) is 0 Å². The van der Waals surface area contributed by atoms with E-state index < -0.39 is 12.3 Å². The van der Waals surface area contributed by atoms with Gasteiger partial charge in [0.15, 0.2) is 6.17 Å². The van der Waals surface area contributed by atoms with Gasteiger partial charge in [0.1, 0.15) is 0 Å². The Bertz CT molecular complexity index is 285. The molecule has 0 unspecified atom stereocenters. The number of aliphatic hydroxyl groups is 1. The first-order valence-electron chi connectivity index (χ1n) is 4.19. The summed E-state index contributed by atoms with van der Waals surface area (Å²) < 4.78 is 13.3. The van der Waals surface area contributed by atoms with Gasteiger partial charge in [0.2, 0.25) is 0 Å². The molecule has 12 heavy (non-hydrogen) atoms. The van der Waals surface area contributed by atoms with E-state index in [1.807, 2.05) is 18.2 Å². The molecule has 0 amide bonds. The molecule has 1 aliphatic rings. The summed E-state index contributed by atoms with van der Waals surface area (Å²) in [5, 5.41) is 9.25. The molecule has 0 aromatic heterocycles. The van der Waals surface area contributed by atoms with Gasteiger partial charge in [0.25, 0.3) is 0 Å². The maximum atomic E-state index is 13.3. The summed E-state index contributed by atoms with van der Waals surface area (Å²) in [6.45, 7) is 0. The van der Waals surface area contributed by atoms with Crippen molar-refractivity contribution in [1.29, 1.82) is 0 Å². The largest absolute Gasteiger partial charge is 0.390 e. The Morgan fingerprint density at radius 3 is 2.92 bits per heavy atom. The first kappa shape index (κ1) is 7.74. The second kappa shape index (κ2) is 2.87. The van der Waals surface area contributed by atoms with E-state index in [1.54, 1.807) is 6.07 Å². The molecule has 64 valence electrons. The summed E-state index contributed by atoms with van der Waals surface area (Å²) in [5.74, 6) is 0. The van der Waals surface area contributed by atoms with Crippen LogP contribution in [-0.2, 0) is 6.42 Å². The van der Waals surface area contributed by atoms with Crippen molar-refractivity contribution in [1.82, 2.24) is 0 Å². The summed E-state index contributed by atoms with van der Waals surface area (Å²) in [5.41, 5.74) is 1.70. The van der Waals surface area contributed by atoms with Gasteiger partial charge in [-0.05, 0) is 24.0 Å². The number of hydrogen-bond donors (Lipinski definition) is 1. The van der Waals surface area contributed by atoms with Gasteiger partial charge in [-0.3, -0.25) is 0 Å². The molecule has 2 atom stereocenters. The average molecular weight is 166 g/mol. The van der Waals surface area contributed by atoms with Crippen LogP contribution in [0.5, 0.6) is 0 Å². The third kappa shape index (κ3) is 1.12. The van der Waals surface area contributed by atoms with Crippen molar-refractivity contribution in [2.45, 2.75) is 25.1 Å². The van der Waals surface area contributed by atoms with Crippen LogP contribution in [0, 0.1) is 0 Å². The van der Waals surface area contributed by atoms with E-state index in [9.17, 15) is 9.50 Å². The third-order valence-corrected chi connectivity index (χ3v) is 2.40. The molecule has 1 aromatic carbocycles. The zero-order chi connectivity index (χ0) is 8.55. The average Bonchev–Trinajstić information content (AvgIpc) is 2.12. The lowest BCUT2D eigenvalue weighted by molar-refractivity contribution is 0.0627. The second-order valence-corrected chi connectivity index (χ2v) is 3.21. The summed E-state index contributed by atoms with van der Waals surface area (Å²) in [4.78, 5) is 0. The highest BCUT2D eigenvalue weighted by Gasteiger charge is 2.26. The zero-order valence-corrected chi connectivity index (χ0v) is 6.70. The van der Waals surface area contributed by atoms with Crippen LogP contribution in [0.3, 0.4) is 0 Å². The van der Waals surface area contributed by atoms with Gasteiger partial charge < -0.3 is 5.11 Å². The number of rotatable bonds is 0. The summed E-state index contributed by atoms with van der Waals surface area (Å²) in [7, 11) is 0. The Morgan fingerprint density at radius 1 is 1.33 bits per heavy atom. The molecule has 0 saturated heterocycles. The Kier molecular flexibility index (Phi) is 1.85. The van der Waals surface area contributed by atoms with Crippen LogP contribution in [0.4, 0.5) is 4.39 Å². The highest BCUT2D eigenvalue weighted by molar-refractivity contribution is 5.32. The Morgan fingerprint density at radius 2 is 2.08 bits per heavy atom. The van der Waals surface area contributed by atoms with Crippen molar-refractivity contribution in [2.75, 3.05) is 0 Å². The topological polar surface area (TPSA) is 20.2 Å². The molecule has 0 spiro atoms. The molecule has 0 saturated carbocycles. The maximum absolute atomic E-state index is 13.3. The predicted molar refractivity (Wildman–Crippen MR) is 44.6 cm³/mol. The standard InChI is InChI=1S/C10H11FO/c11-10-8-4-2-1-3-7(8)5-6-9(10)12/h1-4,9-10,12H,5-6H2/t9-,10-/m1/s1. The Hall–Kier alpha value is -0.890. The molecule has 0 fully saturated rings. The number of fused-ring (bicyclic) bond motifs is 1. The molecule has 1 N–H and O–H groups in total. The number of aryl methyl sites for hydroxylation is 1. The summed E-state index contributed by atoms with van der Waals surface area (Å²) in [6, 6.07) is 7.39. The number of benzene rings is 1. The van der Waals surface area contributed by atoms with Gasteiger partial charge >= 0.3 is 0 Å². The summed E-state index contributed by atoms with van der Waals surface area (Å²) in [6.07, 6.45) is -0.662. The quantitative estimate of drug-likeness (QED) is 0.625. The Labute approximate surface area is 70.8 Å². The number of aliphatic hydroxyl groups excluding tert-OH is 1. The van der Waals surface area contributed by atoms with Crippen molar-refractivity contribution < 1.29 is 9.50 Å². The van der Waals surface area contributed by atoms with Gasteiger partial charge in [-0.15, -0.1) is 0 Å². The maximum Gasteiger partial charge on any atom is 0.151 e. The monoisotopic (exact) mass is 166 g/mol. The van der Waals surface area contributed by atoms with E-state index in [1.165, 1.54) is 0 Å². The van der Waals surface area contributed by atoms with Crippen molar-refractivity contribution in [2.24, 2.45) is 0 Å². The molecule has 0 aliphatic heterocycles. The van der Waals surface area contributed by atoms with Crippen LogP contribution in [0.1, 0.15) is 23.7 Å². The molecule has 0 bridgehead atoms. The minimum Gasteiger partial charge on any atom is -0.390 e. The molecular weight excluding hydrogens is 155 g/mol. The molecule has 0 heterocycles. The fourth-order valence-corrected chi connectivity index (χ4v) is 1.69. The van der Waals surface area contributed by atoms with Gasteiger partial charge in [0, 0.05) is 0 Å². The van der Waals surface area contributed by atoms with Crippen LogP contribution in [-0.4, -0.2) is 11.2 Å². The van der Waals surface area contributed by atoms with E-state index in [4.69, 9.17) is 0 Å². The Balaban J connectivity index is 2.42. The lowest BCUT2D eigenvalue weighted by Crippen LogP contribution is -2.21. The minimum atomic E-state index is -1.19. The van der Waals surface area contributed by atoms with Crippen LogP contribution in [0.25, 0.3) is 0 Å². The van der Waals surface area contributed by atoms with Crippen LogP contribution in [0.15, 0.2) is 24.3 Å². The van der Waals surface area contributed by atoms with E-state index in [0.717, 1.165) is 12.0 Å². The van der Waals surface area contributed by atoms with Crippen molar-refractivity contribution >= 4 is 0 Å². The molecule has 1 aliphatic carbocycles. The van der Waals surface area contributed by atoms with Gasteiger partial charge in [-0.1, -0.05) is 24.3 Å². The second-order valence-electron chi connectivity index (χ2n) is 3.21. The highest BCUT2D eigenvalue weighted by atomic mass is 19.1. The van der Waals surface area contributed by atoms with E-state index >= 15 is 0 Å². The lowest BCUT2D eigenvalue weighted by Gasteiger charge is -2.24. The zero-order valence-electron chi connectivity index (χ0n) is 6.70.